The zero-order valence-corrected chi connectivity index (χ0v) is 11.5. The number of H-pyrrole nitrogens is 1. The molecule has 20 heavy (non-hydrogen) atoms. The average molecular weight is 282 g/mol. The van der Waals surface area contributed by atoms with Crippen molar-refractivity contribution in [2.75, 3.05) is 0 Å². The number of hydrogen-bond acceptors (Lipinski definition) is 5. The van der Waals surface area contributed by atoms with Crippen LogP contribution in [0.5, 0.6) is 0 Å². The third-order valence-electron chi connectivity index (χ3n) is 3.09. The molecule has 0 aliphatic rings. The smallest absolute Gasteiger partial charge is 0.329 e. The molecule has 8 nitrogen and oxygen atoms in total. The first kappa shape index (κ1) is 14.5. The van der Waals surface area contributed by atoms with E-state index in [1.807, 2.05) is 6.92 Å². The minimum Gasteiger partial charge on any atom is -0.368 e. The predicted octanol–water partition coefficient (Wildman–Crippen LogP) is -0.0940. The standard InChI is InChI=1S/C12H18N4O4/c1-3-4-5-8(17)20-7-16-6-13-10-9(16)11(18)15(2)12(19)14-10/h6,8,17H,3-5,7H2,1-2H3,(H,14,19). The number of aliphatic hydroxyl groups excluding tert-OH is 1. The van der Waals surface area contributed by atoms with Crippen LogP contribution in [-0.4, -0.2) is 30.5 Å². The number of hydrogen-bond donors (Lipinski definition) is 2. The van der Waals surface area contributed by atoms with E-state index in [1.165, 1.54) is 17.9 Å². The zero-order chi connectivity index (χ0) is 14.7. The van der Waals surface area contributed by atoms with Gasteiger partial charge in [-0.3, -0.25) is 14.3 Å². The van der Waals surface area contributed by atoms with Crippen molar-refractivity contribution in [3.05, 3.63) is 27.2 Å². The highest BCUT2D eigenvalue weighted by Crippen LogP contribution is 2.06. The molecule has 0 amide bonds. The highest BCUT2D eigenvalue weighted by Gasteiger charge is 2.12. The summed E-state index contributed by atoms with van der Waals surface area (Å²) in [4.78, 5) is 29.9. The van der Waals surface area contributed by atoms with Crippen LogP contribution in [0.25, 0.3) is 11.2 Å². The number of aliphatic hydroxyl groups is 1. The van der Waals surface area contributed by atoms with Crippen LogP contribution in [0.15, 0.2) is 15.9 Å². The molecule has 0 aliphatic carbocycles. The number of aromatic nitrogens is 4. The van der Waals surface area contributed by atoms with Gasteiger partial charge in [0.25, 0.3) is 5.56 Å². The monoisotopic (exact) mass is 282 g/mol. The minimum atomic E-state index is -0.876. The quantitative estimate of drug-likeness (QED) is 0.721. The maximum Gasteiger partial charge on any atom is 0.329 e. The summed E-state index contributed by atoms with van der Waals surface area (Å²) in [6.07, 6.45) is 2.89. The maximum absolute atomic E-state index is 12.0. The second-order valence-electron chi connectivity index (χ2n) is 4.60. The lowest BCUT2D eigenvalue weighted by Gasteiger charge is -2.12. The number of nitrogens with zero attached hydrogens (tertiary/aromatic N) is 3. The van der Waals surface area contributed by atoms with Crippen LogP contribution in [0.4, 0.5) is 0 Å². The number of nitrogens with one attached hydrogen (secondary N) is 1. The van der Waals surface area contributed by atoms with Crippen LogP contribution in [0.3, 0.4) is 0 Å². The molecular formula is C12H18N4O4. The molecule has 0 saturated carbocycles. The molecule has 2 N–H and O–H groups in total. The lowest BCUT2D eigenvalue weighted by molar-refractivity contribution is -0.128. The zero-order valence-electron chi connectivity index (χ0n) is 11.5. The minimum absolute atomic E-state index is 0.00264. The van der Waals surface area contributed by atoms with Crippen LogP contribution in [0.2, 0.25) is 0 Å². The van der Waals surface area contributed by atoms with Crippen molar-refractivity contribution in [2.24, 2.45) is 7.05 Å². The Kier molecular flexibility index (Phi) is 4.35. The number of unbranched alkanes of at least 4 members (excludes halogenated alkanes) is 1. The lowest BCUT2D eigenvalue weighted by atomic mass is 10.2. The molecule has 0 bridgehead atoms. The van der Waals surface area contributed by atoms with Crippen molar-refractivity contribution < 1.29 is 9.84 Å². The van der Waals surface area contributed by atoms with Crippen LogP contribution in [-0.2, 0) is 18.5 Å². The van der Waals surface area contributed by atoms with Crippen molar-refractivity contribution >= 4 is 11.2 Å². The SMILES string of the molecule is CCCCC(O)OCn1cnc2[nH]c(=O)n(C)c(=O)c21. The largest absolute Gasteiger partial charge is 0.368 e. The summed E-state index contributed by atoms with van der Waals surface area (Å²) in [5.74, 6) is 0. The number of rotatable bonds is 6. The number of aromatic amines is 1. The van der Waals surface area contributed by atoms with Crippen molar-refractivity contribution in [1.29, 1.82) is 0 Å². The Bertz CT molecular complexity index is 700. The Morgan fingerprint density at radius 2 is 2.25 bits per heavy atom. The van der Waals surface area contributed by atoms with Gasteiger partial charge in [-0.1, -0.05) is 13.3 Å². The first-order valence-electron chi connectivity index (χ1n) is 6.48. The van der Waals surface area contributed by atoms with Gasteiger partial charge in [-0.05, 0) is 12.8 Å². The van der Waals surface area contributed by atoms with E-state index in [4.69, 9.17) is 4.74 Å². The lowest BCUT2D eigenvalue weighted by Crippen LogP contribution is -2.33. The first-order valence-corrected chi connectivity index (χ1v) is 6.48. The molecule has 1 atom stereocenters. The summed E-state index contributed by atoms with van der Waals surface area (Å²) in [6, 6.07) is 0. The maximum atomic E-state index is 12.0. The molecule has 0 spiro atoms. The van der Waals surface area contributed by atoms with Crippen LogP contribution in [0.1, 0.15) is 26.2 Å². The van der Waals surface area contributed by atoms with E-state index >= 15 is 0 Å². The Balaban J connectivity index is 2.22. The number of imidazole rings is 1. The summed E-state index contributed by atoms with van der Waals surface area (Å²) in [5, 5.41) is 9.62. The van der Waals surface area contributed by atoms with E-state index in [9.17, 15) is 14.7 Å². The second-order valence-corrected chi connectivity index (χ2v) is 4.60. The second kappa shape index (κ2) is 6.02. The molecule has 2 rings (SSSR count). The summed E-state index contributed by atoms with van der Waals surface area (Å²) in [6.45, 7) is 2.03. The molecule has 0 fully saturated rings. The van der Waals surface area contributed by atoms with Gasteiger partial charge in [0.15, 0.2) is 17.5 Å². The number of fused-ring (bicyclic) bond motifs is 1. The Hall–Kier alpha value is -1.93. The molecule has 2 aromatic rings. The molecule has 1 unspecified atom stereocenters. The fourth-order valence-electron chi connectivity index (χ4n) is 1.86. The van der Waals surface area contributed by atoms with E-state index in [0.29, 0.717) is 6.42 Å². The molecule has 2 heterocycles. The summed E-state index contributed by atoms with van der Waals surface area (Å²) in [5.41, 5.74) is -0.510. The predicted molar refractivity (Wildman–Crippen MR) is 72.2 cm³/mol. The molecule has 0 aromatic carbocycles. The fourth-order valence-corrected chi connectivity index (χ4v) is 1.86. The summed E-state index contributed by atoms with van der Waals surface area (Å²) < 4.78 is 7.69. The van der Waals surface area contributed by atoms with E-state index in [1.54, 1.807) is 0 Å². The summed E-state index contributed by atoms with van der Waals surface area (Å²) >= 11 is 0. The van der Waals surface area contributed by atoms with Gasteiger partial charge >= 0.3 is 5.69 Å². The molecule has 0 aliphatic heterocycles. The Morgan fingerprint density at radius 3 is 2.95 bits per heavy atom. The topological polar surface area (TPSA) is 102 Å². The number of ether oxygens (including phenoxy) is 1. The van der Waals surface area contributed by atoms with E-state index in [2.05, 4.69) is 9.97 Å². The Morgan fingerprint density at radius 1 is 1.50 bits per heavy atom. The van der Waals surface area contributed by atoms with Gasteiger partial charge in [-0.25, -0.2) is 9.78 Å². The highest BCUT2D eigenvalue weighted by molar-refractivity contribution is 5.68. The van der Waals surface area contributed by atoms with Crippen molar-refractivity contribution in [2.45, 2.75) is 39.2 Å². The van der Waals surface area contributed by atoms with Gasteiger partial charge in [0.2, 0.25) is 0 Å². The molecule has 0 saturated heterocycles. The van der Waals surface area contributed by atoms with E-state index < -0.39 is 17.5 Å². The normalized spacial score (nSPS) is 12.9. The summed E-state index contributed by atoms with van der Waals surface area (Å²) in [7, 11) is 1.38. The van der Waals surface area contributed by atoms with Gasteiger partial charge < -0.3 is 14.4 Å². The average Bonchev–Trinajstić information content (AvgIpc) is 2.83. The highest BCUT2D eigenvalue weighted by atomic mass is 16.6. The van der Waals surface area contributed by atoms with Crippen molar-refractivity contribution in [3.63, 3.8) is 0 Å². The third-order valence-corrected chi connectivity index (χ3v) is 3.09. The van der Waals surface area contributed by atoms with Gasteiger partial charge in [-0.15, -0.1) is 0 Å². The molecule has 2 aromatic heterocycles. The fraction of sp³-hybridized carbons (Fsp3) is 0.583. The molecule has 8 heteroatoms. The van der Waals surface area contributed by atoms with E-state index in [-0.39, 0.29) is 17.9 Å². The van der Waals surface area contributed by atoms with Crippen molar-refractivity contribution in [3.8, 4) is 0 Å². The van der Waals surface area contributed by atoms with Crippen LogP contribution in [0, 0.1) is 0 Å². The first-order chi connectivity index (χ1) is 9.54. The Labute approximate surface area is 114 Å². The van der Waals surface area contributed by atoms with Crippen LogP contribution >= 0.6 is 0 Å². The van der Waals surface area contributed by atoms with E-state index in [0.717, 1.165) is 17.4 Å². The van der Waals surface area contributed by atoms with Gasteiger partial charge in [0.05, 0.1) is 6.33 Å². The van der Waals surface area contributed by atoms with Gasteiger partial charge in [0.1, 0.15) is 6.73 Å². The molecule has 0 radical (unpaired) electrons. The van der Waals surface area contributed by atoms with Gasteiger partial charge in [0, 0.05) is 7.05 Å². The molecular weight excluding hydrogens is 264 g/mol. The van der Waals surface area contributed by atoms with Crippen LogP contribution < -0.4 is 11.2 Å². The molecule has 110 valence electrons. The van der Waals surface area contributed by atoms with Gasteiger partial charge in [-0.2, -0.15) is 0 Å². The third kappa shape index (κ3) is 2.81. The van der Waals surface area contributed by atoms with Crippen molar-refractivity contribution in [1.82, 2.24) is 19.1 Å².